The molecular weight excluding hydrogens is 361 g/mol. The fourth-order valence-electron chi connectivity index (χ4n) is 3.23. The SMILES string of the molecule is CC(C)CNc1ccc([N+](=O)[O-])c(Nc2ccccc2N2CCCC(F)C2)n1. The zero-order valence-corrected chi connectivity index (χ0v) is 16.2. The van der Waals surface area contributed by atoms with Crippen molar-refractivity contribution in [2.75, 3.05) is 35.2 Å². The number of hydrogen-bond acceptors (Lipinski definition) is 6. The molecule has 1 saturated heterocycles. The highest BCUT2D eigenvalue weighted by molar-refractivity contribution is 5.77. The summed E-state index contributed by atoms with van der Waals surface area (Å²) >= 11 is 0. The summed E-state index contributed by atoms with van der Waals surface area (Å²) in [5, 5.41) is 17.8. The zero-order valence-electron chi connectivity index (χ0n) is 16.2. The van der Waals surface area contributed by atoms with E-state index in [1.54, 1.807) is 6.07 Å². The lowest BCUT2D eigenvalue weighted by Crippen LogP contribution is -2.36. The lowest BCUT2D eigenvalue weighted by molar-refractivity contribution is -0.384. The van der Waals surface area contributed by atoms with Gasteiger partial charge in [-0.15, -0.1) is 0 Å². The molecule has 1 unspecified atom stereocenters. The van der Waals surface area contributed by atoms with Crippen molar-refractivity contribution in [3.05, 3.63) is 46.5 Å². The maximum atomic E-state index is 13.9. The largest absolute Gasteiger partial charge is 0.370 e. The Bertz CT molecular complexity index is 830. The normalized spacial score (nSPS) is 16.9. The second-order valence-electron chi connectivity index (χ2n) is 7.42. The summed E-state index contributed by atoms with van der Waals surface area (Å²) in [4.78, 5) is 17.4. The number of benzene rings is 1. The minimum atomic E-state index is -0.863. The van der Waals surface area contributed by atoms with Crippen LogP contribution in [0.15, 0.2) is 36.4 Å². The minimum Gasteiger partial charge on any atom is -0.370 e. The Hall–Kier alpha value is -2.90. The average Bonchev–Trinajstić information content (AvgIpc) is 2.66. The second kappa shape index (κ2) is 8.86. The van der Waals surface area contributed by atoms with Crippen molar-refractivity contribution >= 4 is 28.7 Å². The standard InChI is InChI=1S/C20H26FN5O2/c1-14(2)12-22-19-10-9-18(26(27)28)20(24-19)23-16-7-3-4-8-17(16)25-11-5-6-15(21)13-25/h3-4,7-10,14-15H,5-6,11-13H2,1-2H3,(H2,22,23,24). The molecule has 1 aromatic carbocycles. The third kappa shape index (κ3) is 4.88. The summed E-state index contributed by atoms with van der Waals surface area (Å²) in [5.74, 6) is 1.16. The molecule has 1 atom stereocenters. The second-order valence-corrected chi connectivity index (χ2v) is 7.42. The Kier molecular flexibility index (Phi) is 6.28. The van der Waals surface area contributed by atoms with Crippen LogP contribution in [0, 0.1) is 16.0 Å². The first kappa shape index (κ1) is 19.9. The van der Waals surface area contributed by atoms with Gasteiger partial charge in [0.15, 0.2) is 0 Å². The van der Waals surface area contributed by atoms with Crippen molar-refractivity contribution in [3.8, 4) is 0 Å². The van der Waals surface area contributed by atoms with Crippen LogP contribution in [-0.2, 0) is 0 Å². The molecule has 0 bridgehead atoms. The van der Waals surface area contributed by atoms with Crippen molar-refractivity contribution < 1.29 is 9.31 Å². The third-order valence-electron chi connectivity index (χ3n) is 4.62. The predicted molar refractivity (Wildman–Crippen MR) is 110 cm³/mol. The molecule has 0 aliphatic carbocycles. The number of para-hydroxylation sites is 2. The van der Waals surface area contributed by atoms with E-state index in [9.17, 15) is 14.5 Å². The van der Waals surface area contributed by atoms with Crippen LogP contribution in [0.1, 0.15) is 26.7 Å². The number of rotatable bonds is 7. The van der Waals surface area contributed by atoms with Crippen molar-refractivity contribution in [2.24, 2.45) is 5.92 Å². The molecule has 8 heteroatoms. The van der Waals surface area contributed by atoms with Crippen LogP contribution in [-0.4, -0.2) is 35.7 Å². The first-order chi connectivity index (χ1) is 13.4. The molecule has 1 aliphatic rings. The van der Waals surface area contributed by atoms with Crippen molar-refractivity contribution in [2.45, 2.75) is 32.9 Å². The Morgan fingerprint density at radius 3 is 2.82 bits per heavy atom. The molecule has 1 aliphatic heterocycles. The molecular formula is C20H26FN5O2. The molecule has 28 heavy (non-hydrogen) atoms. The Morgan fingerprint density at radius 2 is 2.11 bits per heavy atom. The van der Waals surface area contributed by atoms with E-state index >= 15 is 0 Å². The number of alkyl halides is 1. The summed E-state index contributed by atoms with van der Waals surface area (Å²) in [5.41, 5.74) is 1.39. The van der Waals surface area contributed by atoms with Crippen LogP contribution in [0.3, 0.4) is 0 Å². The molecule has 150 valence electrons. The number of nitrogens with one attached hydrogen (secondary N) is 2. The molecule has 2 aromatic rings. The summed E-state index contributed by atoms with van der Waals surface area (Å²) in [6.45, 7) is 5.94. The van der Waals surface area contributed by atoms with E-state index < -0.39 is 11.1 Å². The molecule has 0 radical (unpaired) electrons. The minimum absolute atomic E-state index is 0.105. The van der Waals surface area contributed by atoms with E-state index in [1.807, 2.05) is 29.2 Å². The number of pyridine rings is 1. The van der Waals surface area contributed by atoms with E-state index in [0.717, 1.165) is 18.7 Å². The molecule has 0 spiro atoms. The number of hydrogen-bond donors (Lipinski definition) is 2. The number of aromatic nitrogens is 1. The zero-order chi connectivity index (χ0) is 20.1. The van der Waals surface area contributed by atoms with Gasteiger partial charge < -0.3 is 15.5 Å². The highest BCUT2D eigenvalue weighted by atomic mass is 19.1. The van der Waals surface area contributed by atoms with Gasteiger partial charge in [0.1, 0.15) is 12.0 Å². The van der Waals surface area contributed by atoms with Crippen LogP contribution < -0.4 is 15.5 Å². The number of nitrogens with zero attached hydrogens (tertiary/aromatic N) is 3. The molecule has 0 saturated carbocycles. The number of piperidine rings is 1. The fraction of sp³-hybridized carbons (Fsp3) is 0.450. The molecule has 0 amide bonds. The Balaban J connectivity index is 1.90. The number of anilines is 4. The maximum absolute atomic E-state index is 13.9. The molecule has 2 N–H and O–H groups in total. The van der Waals surface area contributed by atoms with Gasteiger partial charge in [0.2, 0.25) is 5.82 Å². The lowest BCUT2D eigenvalue weighted by Gasteiger charge is -2.32. The van der Waals surface area contributed by atoms with Crippen LogP contribution in [0.4, 0.5) is 33.1 Å². The van der Waals surface area contributed by atoms with E-state index in [1.165, 1.54) is 6.07 Å². The van der Waals surface area contributed by atoms with Gasteiger partial charge in [0.05, 0.1) is 16.3 Å². The van der Waals surface area contributed by atoms with Crippen LogP contribution in [0.2, 0.25) is 0 Å². The quantitative estimate of drug-likeness (QED) is 0.527. The first-order valence-electron chi connectivity index (χ1n) is 9.58. The van der Waals surface area contributed by atoms with Crippen molar-refractivity contribution in [1.82, 2.24) is 4.98 Å². The first-order valence-corrected chi connectivity index (χ1v) is 9.58. The Morgan fingerprint density at radius 1 is 1.32 bits per heavy atom. The topological polar surface area (TPSA) is 83.3 Å². The van der Waals surface area contributed by atoms with Gasteiger partial charge in [-0.3, -0.25) is 10.1 Å². The monoisotopic (exact) mass is 387 g/mol. The van der Waals surface area contributed by atoms with Gasteiger partial charge in [0.25, 0.3) is 0 Å². The molecule has 1 aromatic heterocycles. The lowest BCUT2D eigenvalue weighted by atomic mass is 10.1. The summed E-state index contributed by atoms with van der Waals surface area (Å²) in [7, 11) is 0. The van der Waals surface area contributed by atoms with Gasteiger partial charge in [0, 0.05) is 25.7 Å². The number of nitro groups is 1. The van der Waals surface area contributed by atoms with Crippen molar-refractivity contribution in [1.29, 1.82) is 0 Å². The predicted octanol–water partition coefficient (Wildman–Crippen LogP) is 4.74. The molecule has 1 fully saturated rings. The maximum Gasteiger partial charge on any atom is 0.311 e. The third-order valence-corrected chi connectivity index (χ3v) is 4.62. The van der Waals surface area contributed by atoms with Gasteiger partial charge in [-0.1, -0.05) is 26.0 Å². The van der Waals surface area contributed by atoms with Crippen LogP contribution >= 0.6 is 0 Å². The van der Waals surface area contributed by atoms with Gasteiger partial charge in [-0.05, 0) is 37.0 Å². The highest BCUT2D eigenvalue weighted by Crippen LogP contribution is 2.34. The smallest absolute Gasteiger partial charge is 0.311 e. The van der Waals surface area contributed by atoms with E-state index in [2.05, 4.69) is 29.5 Å². The molecule has 2 heterocycles. The fourth-order valence-corrected chi connectivity index (χ4v) is 3.23. The van der Waals surface area contributed by atoms with Gasteiger partial charge in [-0.2, -0.15) is 0 Å². The summed E-state index contributed by atoms with van der Waals surface area (Å²) < 4.78 is 13.9. The van der Waals surface area contributed by atoms with E-state index in [4.69, 9.17) is 0 Å². The van der Waals surface area contributed by atoms with Gasteiger partial charge in [-0.25, -0.2) is 9.37 Å². The summed E-state index contributed by atoms with van der Waals surface area (Å²) in [6.07, 6.45) is 0.489. The molecule has 7 nitrogen and oxygen atoms in total. The van der Waals surface area contributed by atoms with Gasteiger partial charge >= 0.3 is 5.69 Å². The molecule has 3 rings (SSSR count). The highest BCUT2D eigenvalue weighted by Gasteiger charge is 2.23. The average molecular weight is 387 g/mol. The Labute approximate surface area is 164 Å². The van der Waals surface area contributed by atoms with Crippen LogP contribution in [0.25, 0.3) is 0 Å². The van der Waals surface area contributed by atoms with Crippen molar-refractivity contribution in [3.63, 3.8) is 0 Å². The van der Waals surface area contributed by atoms with E-state index in [-0.39, 0.29) is 11.5 Å². The number of halogens is 1. The summed E-state index contributed by atoms with van der Waals surface area (Å²) in [6, 6.07) is 10.5. The van der Waals surface area contributed by atoms with Crippen LogP contribution in [0.5, 0.6) is 0 Å². The van der Waals surface area contributed by atoms with E-state index in [0.29, 0.717) is 36.9 Å².